The molecule has 0 aliphatic rings. The number of esters is 1. The highest BCUT2D eigenvalue weighted by Crippen LogP contribution is 2.41. The van der Waals surface area contributed by atoms with Gasteiger partial charge in [0.05, 0.1) is 34.4 Å². The summed E-state index contributed by atoms with van der Waals surface area (Å²) in [6, 6.07) is 6.88. The number of hydrogen-bond acceptors (Lipinski definition) is 5. The van der Waals surface area contributed by atoms with Gasteiger partial charge >= 0.3 is 5.97 Å². The van der Waals surface area contributed by atoms with E-state index < -0.39 is 5.97 Å². The third kappa shape index (κ3) is 4.27. The number of rotatable bonds is 5. The van der Waals surface area contributed by atoms with E-state index in [1.165, 1.54) is 7.11 Å². The molecular weight excluding hydrogens is 454 g/mol. The van der Waals surface area contributed by atoms with Gasteiger partial charge in [0.1, 0.15) is 11.5 Å². The zero-order valence-electron chi connectivity index (χ0n) is 14.4. The van der Waals surface area contributed by atoms with Gasteiger partial charge in [-0.3, -0.25) is 0 Å². The van der Waals surface area contributed by atoms with Crippen LogP contribution in [0.1, 0.15) is 35.7 Å². The molecule has 0 unspecified atom stereocenters. The van der Waals surface area contributed by atoms with Crippen molar-refractivity contribution in [1.82, 2.24) is 0 Å². The fourth-order valence-electron chi connectivity index (χ4n) is 2.38. The summed E-state index contributed by atoms with van der Waals surface area (Å²) in [7, 11) is 2.93. The van der Waals surface area contributed by atoms with E-state index in [1.807, 2.05) is 6.07 Å². The molecule has 0 heterocycles. The lowest BCUT2D eigenvalue weighted by atomic mass is 10.0. The second kappa shape index (κ2) is 8.10. The van der Waals surface area contributed by atoms with Crippen molar-refractivity contribution in [2.45, 2.75) is 19.8 Å². The molecule has 5 nitrogen and oxygen atoms in total. The molecule has 0 fully saturated rings. The van der Waals surface area contributed by atoms with Crippen molar-refractivity contribution in [3.63, 3.8) is 0 Å². The zero-order valence-corrected chi connectivity index (χ0v) is 17.5. The van der Waals surface area contributed by atoms with Crippen LogP contribution in [0, 0.1) is 0 Å². The summed E-state index contributed by atoms with van der Waals surface area (Å²) in [5.41, 5.74) is 7.96. The van der Waals surface area contributed by atoms with Gasteiger partial charge in [-0.1, -0.05) is 13.8 Å². The SMILES string of the molecule is COC(=O)c1cc(Br)c(Oc2cc(N)c(OC)c(C(C)C)c2)c(Br)c1. The van der Waals surface area contributed by atoms with Gasteiger partial charge in [-0.2, -0.15) is 0 Å². The molecule has 7 heteroatoms. The van der Waals surface area contributed by atoms with E-state index in [2.05, 4.69) is 45.7 Å². The van der Waals surface area contributed by atoms with Crippen molar-refractivity contribution in [2.75, 3.05) is 20.0 Å². The maximum atomic E-state index is 11.7. The average molecular weight is 473 g/mol. The number of halogens is 2. The van der Waals surface area contributed by atoms with Crippen LogP contribution >= 0.6 is 31.9 Å². The first-order valence-electron chi connectivity index (χ1n) is 7.51. The van der Waals surface area contributed by atoms with E-state index in [-0.39, 0.29) is 5.92 Å². The van der Waals surface area contributed by atoms with Crippen LogP contribution in [0.15, 0.2) is 33.2 Å². The van der Waals surface area contributed by atoms with E-state index in [9.17, 15) is 4.79 Å². The number of nitrogens with two attached hydrogens (primary N) is 1. The molecule has 0 atom stereocenters. The molecule has 0 aliphatic carbocycles. The Bertz CT molecular complexity index is 783. The second-order valence-corrected chi connectivity index (χ2v) is 7.36. The summed E-state index contributed by atoms with van der Waals surface area (Å²) < 4.78 is 17.4. The van der Waals surface area contributed by atoms with Crippen LogP contribution in [0.4, 0.5) is 5.69 Å². The molecule has 0 saturated carbocycles. The second-order valence-electron chi connectivity index (χ2n) is 5.65. The first kappa shape index (κ1) is 19.6. The van der Waals surface area contributed by atoms with Gasteiger partial charge < -0.3 is 19.9 Å². The fourth-order valence-corrected chi connectivity index (χ4v) is 3.73. The third-order valence-corrected chi connectivity index (χ3v) is 4.76. The number of carbonyl (C=O) groups is 1. The first-order chi connectivity index (χ1) is 11.8. The summed E-state index contributed by atoms with van der Waals surface area (Å²) in [6.45, 7) is 4.11. The van der Waals surface area contributed by atoms with Crippen molar-refractivity contribution >= 4 is 43.5 Å². The van der Waals surface area contributed by atoms with Crippen LogP contribution in [0.25, 0.3) is 0 Å². The van der Waals surface area contributed by atoms with Gasteiger partial charge in [0, 0.05) is 11.6 Å². The molecule has 2 aromatic rings. The molecule has 2 rings (SSSR count). The molecule has 0 aliphatic heterocycles. The maximum absolute atomic E-state index is 11.7. The molecule has 0 spiro atoms. The Morgan fingerprint density at radius 1 is 1.04 bits per heavy atom. The molecule has 2 aromatic carbocycles. The average Bonchev–Trinajstić information content (AvgIpc) is 2.56. The Balaban J connectivity index is 2.45. The maximum Gasteiger partial charge on any atom is 0.337 e. The van der Waals surface area contributed by atoms with Gasteiger partial charge in [-0.05, 0) is 56.0 Å². The molecule has 25 heavy (non-hydrogen) atoms. The minimum Gasteiger partial charge on any atom is -0.494 e. The summed E-state index contributed by atoms with van der Waals surface area (Å²) in [4.78, 5) is 11.7. The highest BCUT2D eigenvalue weighted by atomic mass is 79.9. The Hall–Kier alpha value is -1.73. The predicted octanol–water partition coefficient (Wildman–Crippen LogP) is 5.50. The number of methoxy groups -OCH3 is 2. The number of carbonyl (C=O) groups excluding carboxylic acids is 1. The monoisotopic (exact) mass is 471 g/mol. The third-order valence-electron chi connectivity index (χ3n) is 3.59. The molecular formula is C18H19Br2NO4. The Kier molecular flexibility index (Phi) is 6.35. The molecule has 0 saturated heterocycles. The van der Waals surface area contributed by atoms with Crippen LogP contribution < -0.4 is 15.2 Å². The van der Waals surface area contributed by atoms with Crippen molar-refractivity contribution in [1.29, 1.82) is 0 Å². The summed E-state index contributed by atoms with van der Waals surface area (Å²) in [5, 5.41) is 0. The van der Waals surface area contributed by atoms with Crippen molar-refractivity contribution in [3.05, 3.63) is 44.3 Å². The predicted molar refractivity (Wildman–Crippen MR) is 105 cm³/mol. The van der Waals surface area contributed by atoms with Crippen LogP contribution in [0.2, 0.25) is 0 Å². The van der Waals surface area contributed by atoms with Crippen LogP contribution in [-0.4, -0.2) is 20.2 Å². The van der Waals surface area contributed by atoms with Gasteiger partial charge in [0.2, 0.25) is 0 Å². The van der Waals surface area contributed by atoms with Crippen molar-refractivity contribution < 1.29 is 19.0 Å². The van der Waals surface area contributed by atoms with Gasteiger partial charge in [-0.25, -0.2) is 4.79 Å². The summed E-state index contributed by atoms with van der Waals surface area (Å²) in [5.74, 6) is 1.56. The Labute approximate surface area is 163 Å². The summed E-state index contributed by atoms with van der Waals surface area (Å²) in [6.07, 6.45) is 0. The lowest BCUT2D eigenvalue weighted by molar-refractivity contribution is 0.0600. The van der Waals surface area contributed by atoms with E-state index in [4.69, 9.17) is 19.9 Å². The quantitative estimate of drug-likeness (QED) is 0.459. The van der Waals surface area contributed by atoms with Gasteiger partial charge in [-0.15, -0.1) is 0 Å². The number of hydrogen-bond donors (Lipinski definition) is 1. The van der Waals surface area contributed by atoms with Crippen LogP contribution in [-0.2, 0) is 4.74 Å². The number of anilines is 1. The zero-order chi connectivity index (χ0) is 18.7. The molecule has 0 radical (unpaired) electrons. The van der Waals surface area contributed by atoms with E-state index >= 15 is 0 Å². The van der Waals surface area contributed by atoms with Gasteiger partial charge in [0.15, 0.2) is 5.75 Å². The minimum atomic E-state index is -0.427. The number of benzene rings is 2. The molecule has 2 N–H and O–H groups in total. The van der Waals surface area contributed by atoms with Crippen LogP contribution in [0.5, 0.6) is 17.2 Å². The topological polar surface area (TPSA) is 70.8 Å². The number of ether oxygens (including phenoxy) is 3. The van der Waals surface area contributed by atoms with E-state index in [0.717, 1.165) is 5.56 Å². The molecule has 0 aromatic heterocycles. The first-order valence-corrected chi connectivity index (χ1v) is 9.09. The standard InChI is InChI=1S/C18H19Br2NO4/c1-9(2)12-7-11(8-15(21)16(12)23-3)25-17-13(19)5-10(6-14(17)20)18(22)24-4/h5-9H,21H2,1-4H3. The van der Waals surface area contributed by atoms with Gasteiger partial charge in [0.25, 0.3) is 0 Å². The smallest absolute Gasteiger partial charge is 0.337 e. The van der Waals surface area contributed by atoms with Crippen molar-refractivity contribution in [2.24, 2.45) is 0 Å². The Morgan fingerprint density at radius 3 is 2.12 bits per heavy atom. The highest BCUT2D eigenvalue weighted by Gasteiger charge is 2.17. The fraction of sp³-hybridized carbons (Fsp3) is 0.278. The molecule has 0 bridgehead atoms. The minimum absolute atomic E-state index is 0.217. The molecule has 134 valence electrons. The van der Waals surface area contributed by atoms with Crippen molar-refractivity contribution in [3.8, 4) is 17.2 Å². The highest BCUT2D eigenvalue weighted by molar-refractivity contribution is 9.11. The lowest BCUT2D eigenvalue weighted by Gasteiger charge is -2.17. The number of nitrogen functional groups attached to an aromatic ring is 1. The Morgan fingerprint density at radius 2 is 1.64 bits per heavy atom. The lowest BCUT2D eigenvalue weighted by Crippen LogP contribution is -2.02. The summed E-state index contributed by atoms with van der Waals surface area (Å²) >= 11 is 6.86. The largest absolute Gasteiger partial charge is 0.494 e. The molecule has 0 amide bonds. The van der Waals surface area contributed by atoms with Crippen LogP contribution in [0.3, 0.4) is 0 Å². The van der Waals surface area contributed by atoms with E-state index in [1.54, 1.807) is 25.3 Å². The normalized spacial score (nSPS) is 10.7. The van der Waals surface area contributed by atoms with E-state index in [0.29, 0.717) is 37.4 Å².